The first-order chi connectivity index (χ1) is 4.89. The monoisotopic (exact) mass is 177 g/mol. The van der Waals surface area contributed by atoms with Gasteiger partial charge in [0.15, 0.2) is 0 Å². The van der Waals surface area contributed by atoms with Crippen LogP contribution in [0.1, 0.15) is 34.1 Å². The first kappa shape index (κ1) is 10.8. The molecule has 0 aromatic rings. The summed E-state index contributed by atoms with van der Waals surface area (Å²) in [5.41, 5.74) is -0.139. The Morgan fingerprint density at radius 3 is 2.36 bits per heavy atom. The van der Waals surface area contributed by atoms with Crippen LogP contribution >= 0.6 is 11.6 Å². The summed E-state index contributed by atoms with van der Waals surface area (Å²) in [5.74, 6) is -0.0986. The Morgan fingerprint density at radius 2 is 2.09 bits per heavy atom. The number of halogens is 1. The van der Waals surface area contributed by atoms with Crippen LogP contribution in [0.15, 0.2) is 0 Å². The van der Waals surface area contributed by atoms with E-state index in [2.05, 4.69) is 5.32 Å². The van der Waals surface area contributed by atoms with Crippen LogP contribution in [0.4, 0.5) is 0 Å². The Morgan fingerprint density at radius 1 is 1.64 bits per heavy atom. The number of hydrogen-bond acceptors (Lipinski definition) is 1. The standard InChI is InChI=1S/C8H16ClNO/c1-5-8(3,4)10-7(11)6(2)9/h6H,5H2,1-4H3,(H,10,11). The zero-order valence-corrected chi connectivity index (χ0v) is 8.33. The highest BCUT2D eigenvalue weighted by atomic mass is 35.5. The van der Waals surface area contributed by atoms with Crippen LogP contribution in [0.2, 0.25) is 0 Å². The zero-order valence-electron chi connectivity index (χ0n) is 7.57. The van der Waals surface area contributed by atoms with Crippen molar-refractivity contribution < 1.29 is 4.79 Å². The fourth-order valence-corrected chi connectivity index (χ4v) is 0.576. The third-order valence-electron chi connectivity index (χ3n) is 1.71. The SMILES string of the molecule is CCC(C)(C)NC(=O)C(C)Cl. The van der Waals surface area contributed by atoms with E-state index in [0.717, 1.165) is 6.42 Å². The highest BCUT2D eigenvalue weighted by Crippen LogP contribution is 2.07. The maximum absolute atomic E-state index is 11.1. The highest BCUT2D eigenvalue weighted by Gasteiger charge is 2.19. The molecule has 0 fully saturated rings. The summed E-state index contributed by atoms with van der Waals surface area (Å²) < 4.78 is 0. The number of carbonyl (C=O) groups is 1. The minimum absolute atomic E-state index is 0.0986. The van der Waals surface area contributed by atoms with Crippen molar-refractivity contribution in [1.82, 2.24) is 5.32 Å². The smallest absolute Gasteiger partial charge is 0.238 e. The van der Waals surface area contributed by atoms with Gasteiger partial charge in [-0.3, -0.25) is 4.79 Å². The largest absolute Gasteiger partial charge is 0.350 e. The summed E-state index contributed by atoms with van der Waals surface area (Å²) in [6.07, 6.45) is 0.905. The van der Waals surface area contributed by atoms with E-state index >= 15 is 0 Å². The van der Waals surface area contributed by atoms with Gasteiger partial charge in [-0.2, -0.15) is 0 Å². The molecule has 1 unspecified atom stereocenters. The van der Waals surface area contributed by atoms with E-state index in [-0.39, 0.29) is 11.4 Å². The summed E-state index contributed by atoms with van der Waals surface area (Å²) in [6, 6.07) is 0. The van der Waals surface area contributed by atoms with Gasteiger partial charge in [0.2, 0.25) is 5.91 Å². The lowest BCUT2D eigenvalue weighted by Gasteiger charge is -2.25. The fourth-order valence-electron chi connectivity index (χ4n) is 0.521. The van der Waals surface area contributed by atoms with Crippen LogP contribution in [0, 0.1) is 0 Å². The molecule has 2 nitrogen and oxygen atoms in total. The van der Waals surface area contributed by atoms with Crippen LogP contribution in [-0.4, -0.2) is 16.8 Å². The molecule has 0 bridgehead atoms. The number of rotatable bonds is 3. The second kappa shape index (κ2) is 3.96. The van der Waals surface area contributed by atoms with Crippen LogP contribution in [0.25, 0.3) is 0 Å². The molecule has 0 aliphatic heterocycles. The minimum atomic E-state index is -0.444. The van der Waals surface area contributed by atoms with Crippen LogP contribution < -0.4 is 5.32 Å². The van der Waals surface area contributed by atoms with E-state index in [4.69, 9.17) is 11.6 Å². The maximum atomic E-state index is 11.1. The van der Waals surface area contributed by atoms with Crippen LogP contribution in [0.5, 0.6) is 0 Å². The first-order valence-corrected chi connectivity index (χ1v) is 4.29. The van der Waals surface area contributed by atoms with Crippen molar-refractivity contribution in [3.8, 4) is 0 Å². The molecule has 0 saturated carbocycles. The van der Waals surface area contributed by atoms with E-state index in [9.17, 15) is 4.79 Å². The van der Waals surface area contributed by atoms with Gasteiger partial charge in [-0.15, -0.1) is 11.6 Å². The van der Waals surface area contributed by atoms with Gasteiger partial charge in [-0.1, -0.05) is 6.92 Å². The number of amides is 1. The molecule has 0 aliphatic rings. The van der Waals surface area contributed by atoms with Crippen molar-refractivity contribution >= 4 is 17.5 Å². The van der Waals surface area contributed by atoms with E-state index in [0.29, 0.717) is 0 Å². The van der Waals surface area contributed by atoms with Gasteiger partial charge in [-0.25, -0.2) is 0 Å². The van der Waals surface area contributed by atoms with Gasteiger partial charge in [0.1, 0.15) is 5.38 Å². The summed E-state index contributed by atoms with van der Waals surface area (Å²) in [6.45, 7) is 7.65. The van der Waals surface area contributed by atoms with Crippen molar-refractivity contribution in [2.45, 2.75) is 45.0 Å². The predicted molar refractivity (Wildman–Crippen MR) is 47.8 cm³/mol. The van der Waals surface area contributed by atoms with Crippen LogP contribution in [0.3, 0.4) is 0 Å². The minimum Gasteiger partial charge on any atom is -0.350 e. The second-order valence-corrected chi connectivity index (χ2v) is 4.00. The lowest BCUT2D eigenvalue weighted by Crippen LogP contribution is -2.45. The molecule has 0 saturated heterocycles. The lowest BCUT2D eigenvalue weighted by atomic mass is 10.0. The Bertz CT molecular complexity index is 143. The molecular weight excluding hydrogens is 162 g/mol. The molecule has 0 spiro atoms. The van der Waals surface area contributed by atoms with Gasteiger partial charge in [0.25, 0.3) is 0 Å². The van der Waals surface area contributed by atoms with E-state index in [1.165, 1.54) is 0 Å². The average Bonchev–Trinajstić information content (AvgIpc) is 1.87. The summed E-state index contributed by atoms with van der Waals surface area (Å²) >= 11 is 5.58. The molecule has 3 heteroatoms. The predicted octanol–water partition coefficient (Wildman–Crippen LogP) is 1.92. The molecule has 0 aromatic carbocycles. The van der Waals surface area contributed by atoms with Crippen molar-refractivity contribution in [1.29, 1.82) is 0 Å². The normalized spacial score (nSPS) is 14.3. The third kappa shape index (κ3) is 4.25. The quantitative estimate of drug-likeness (QED) is 0.656. The second-order valence-electron chi connectivity index (χ2n) is 3.34. The number of nitrogens with one attached hydrogen (secondary N) is 1. The molecule has 0 aromatic heterocycles. The van der Waals surface area contributed by atoms with Gasteiger partial charge in [0, 0.05) is 5.54 Å². The van der Waals surface area contributed by atoms with E-state index < -0.39 is 5.38 Å². The molecule has 0 heterocycles. The molecule has 1 amide bonds. The topological polar surface area (TPSA) is 29.1 Å². The highest BCUT2D eigenvalue weighted by molar-refractivity contribution is 6.30. The number of alkyl halides is 1. The number of hydrogen-bond donors (Lipinski definition) is 1. The maximum Gasteiger partial charge on any atom is 0.238 e. The summed E-state index contributed by atoms with van der Waals surface area (Å²) in [5, 5.41) is 2.39. The van der Waals surface area contributed by atoms with E-state index in [1.54, 1.807) is 6.92 Å². The zero-order chi connectivity index (χ0) is 9.07. The third-order valence-corrected chi connectivity index (χ3v) is 1.90. The first-order valence-electron chi connectivity index (χ1n) is 3.85. The number of carbonyl (C=O) groups excluding carboxylic acids is 1. The van der Waals surface area contributed by atoms with Crippen LogP contribution in [-0.2, 0) is 4.79 Å². The average molecular weight is 178 g/mol. The Hall–Kier alpha value is -0.240. The molecule has 0 aliphatic carbocycles. The fraction of sp³-hybridized carbons (Fsp3) is 0.875. The summed E-state index contributed by atoms with van der Waals surface area (Å²) in [4.78, 5) is 11.1. The Kier molecular flexibility index (Phi) is 3.87. The Balaban J connectivity index is 3.94. The lowest BCUT2D eigenvalue weighted by molar-refractivity contribution is -0.122. The van der Waals surface area contributed by atoms with Crippen molar-refractivity contribution in [3.05, 3.63) is 0 Å². The van der Waals surface area contributed by atoms with Gasteiger partial charge in [-0.05, 0) is 27.2 Å². The molecule has 0 rings (SSSR count). The van der Waals surface area contributed by atoms with E-state index in [1.807, 2.05) is 20.8 Å². The van der Waals surface area contributed by atoms with Crippen molar-refractivity contribution in [2.75, 3.05) is 0 Å². The molecule has 11 heavy (non-hydrogen) atoms. The molecule has 1 atom stereocenters. The van der Waals surface area contributed by atoms with Gasteiger partial charge < -0.3 is 5.32 Å². The summed E-state index contributed by atoms with van der Waals surface area (Å²) in [7, 11) is 0. The van der Waals surface area contributed by atoms with Gasteiger partial charge in [0.05, 0.1) is 0 Å². The van der Waals surface area contributed by atoms with Crippen molar-refractivity contribution in [2.24, 2.45) is 0 Å². The molecule has 0 radical (unpaired) electrons. The molecular formula is C8H16ClNO. The van der Waals surface area contributed by atoms with Crippen molar-refractivity contribution in [3.63, 3.8) is 0 Å². The Labute approximate surface area is 73.3 Å². The molecule has 66 valence electrons. The molecule has 1 N–H and O–H groups in total. The van der Waals surface area contributed by atoms with Gasteiger partial charge >= 0.3 is 0 Å².